The molecule has 0 spiro atoms. The number of carbonyl (C=O) groups is 1. The number of ether oxygens (including phenoxy) is 1. The van der Waals surface area contributed by atoms with Crippen molar-refractivity contribution in [2.75, 3.05) is 0 Å². The maximum absolute atomic E-state index is 13.5. The van der Waals surface area contributed by atoms with E-state index in [1.165, 1.54) is 6.42 Å². The summed E-state index contributed by atoms with van der Waals surface area (Å²) in [6.45, 7) is 12.4. The third-order valence-corrected chi connectivity index (χ3v) is 7.95. The Labute approximate surface area is 159 Å². The monoisotopic (exact) mass is 365 g/mol. The lowest BCUT2D eigenvalue weighted by molar-refractivity contribution is -0.228. The third kappa shape index (κ3) is 3.44. The maximum Gasteiger partial charge on any atom is 0.314 e. The molecule has 4 bridgehead atoms. The van der Waals surface area contributed by atoms with Crippen LogP contribution in [0.2, 0.25) is 0 Å². The number of hydrogen-bond donors (Lipinski definition) is 2. The van der Waals surface area contributed by atoms with Crippen LogP contribution in [0.5, 0.6) is 0 Å². The largest absolute Gasteiger partial charge is 0.458 e. The van der Waals surface area contributed by atoms with Gasteiger partial charge >= 0.3 is 5.97 Å². The number of nitrogens with two attached hydrogens (primary N) is 1. The molecule has 3 atom stereocenters. The van der Waals surface area contributed by atoms with Crippen LogP contribution in [-0.2, 0) is 9.53 Å². The van der Waals surface area contributed by atoms with Gasteiger partial charge in [-0.15, -0.1) is 0 Å². The van der Waals surface area contributed by atoms with Gasteiger partial charge < -0.3 is 15.6 Å². The second-order valence-corrected chi connectivity index (χ2v) is 11.5. The van der Waals surface area contributed by atoms with E-state index >= 15 is 0 Å². The van der Waals surface area contributed by atoms with Crippen molar-refractivity contribution >= 4 is 5.97 Å². The zero-order valence-corrected chi connectivity index (χ0v) is 17.7. The first-order valence-electron chi connectivity index (χ1n) is 10.5. The molecule has 0 amide bonds. The van der Waals surface area contributed by atoms with Crippen molar-refractivity contribution in [1.82, 2.24) is 0 Å². The average Bonchev–Trinajstić information content (AvgIpc) is 2.42. The predicted molar refractivity (Wildman–Crippen MR) is 104 cm³/mol. The number of carbonyl (C=O) groups excluding carboxylic acids is 1. The average molecular weight is 366 g/mol. The van der Waals surface area contributed by atoms with Gasteiger partial charge in [-0.2, -0.15) is 0 Å². The van der Waals surface area contributed by atoms with E-state index in [1.807, 2.05) is 20.8 Å². The van der Waals surface area contributed by atoms with Crippen molar-refractivity contribution in [3.63, 3.8) is 0 Å². The van der Waals surface area contributed by atoms with Crippen molar-refractivity contribution in [2.24, 2.45) is 28.4 Å². The van der Waals surface area contributed by atoms with Crippen molar-refractivity contribution in [2.45, 2.75) is 110 Å². The molecule has 3 N–H and O–H groups in total. The van der Waals surface area contributed by atoms with Gasteiger partial charge in [0.05, 0.1) is 11.0 Å². The molecule has 0 aromatic carbocycles. The van der Waals surface area contributed by atoms with Crippen molar-refractivity contribution in [3.05, 3.63) is 0 Å². The van der Waals surface area contributed by atoms with Crippen LogP contribution in [0, 0.1) is 22.7 Å². The number of aliphatic hydroxyl groups is 1. The molecule has 26 heavy (non-hydrogen) atoms. The Bertz CT molecular complexity index is 562. The van der Waals surface area contributed by atoms with E-state index in [4.69, 9.17) is 10.5 Å². The van der Waals surface area contributed by atoms with E-state index in [9.17, 15) is 9.90 Å². The minimum Gasteiger partial charge on any atom is -0.458 e. The number of rotatable bonds is 6. The third-order valence-electron chi connectivity index (χ3n) is 7.95. The Morgan fingerprint density at radius 1 is 1.12 bits per heavy atom. The van der Waals surface area contributed by atoms with E-state index in [2.05, 4.69) is 20.8 Å². The summed E-state index contributed by atoms with van der Waals surface area (Å²) < 4.78 is 6.32. The first-order chi connectivity index (χ1) is 11.7. The summed E-state index contributed by atoms with van der Waals surface area (Å²) in [5.74, 6) is 0.827. The van der Waals surface area contributed by atoms with E-state index < -0.39 is 22.2 Å². The molecule has 4 aliphatic carbocycles. The SMILES string of the molecule is CCC(C)(C)CC(C)(C(=O)OC12CC3CC(CC(O)(C3)C1)C2)C(C)(C)N. The molecular formula is C22H39NO3. The maximum atomic E-state index is 13.5. The van der Waals surface area contributed by atoms with Gasteiger partial charge in [0.25, 0.3) is 0 Å². The van der Waals surface area contributed by atoms with Gasteiger partial charge in [0.15, 0.2) is 0 Å². The Morgan fingerprint density at radius 3 is 2.08 bits per heavy atom. The molecule has 4 saturated carbocycles. The molecule has 4 aliphatic rings. The summed E-state index contributed by atoms with van der Waals surface area (Å²) in [5.41, 5.74) is 4.02. The molecule has 4 fully saturated rings. The standard InChI is InChI=1S/C22H39NO3/c1-7-18(2,3)13-20(6,19(4,5)23)17(24)26-22-11-15-8-16(12-22)10-21(25,9-15)14-22/h15-16,25H,7-14,23H2,1-6H3. The highest BCUT2D eigenvalue weighted by Gasteiger charge is 2.60. The summed E-state index contributed by atoms with van der Waals surface area (Å²) in [6, 6.07) is 0. The van der Waals surface area contributed by atoms with E-state index in [0.717, 1.165) is 32.1 Å². The molecule has 0 heterocycles. The summed E-state index contributed by atoms with van der Waals surface area (Å²) >= 11 is 0. The second-order valence-electron chi connectivity index (χ2n) is 11.5. The lowest BCUT2D eigenvalue weighted by Gasteiger charge is -2.60. The zero-order valence-electron chi connectivity index (χ0n) is 17.7. The molecule has 4 rings (SSSR count). The summed E-state index contributed by atoms with van der Waals surface area (Å²) in [7, 11) is 0. The molecule has 4 nitrogen and oxygen atoms in total. The van der Waals surface area contributed by atoms with Gasteiger partial charge in [-0.3, -0.25) is 4.79 Å². The van der Waals surface area contributed by atoms with E-state index in [-0.39, 0.29) is 11.4 Å². The van der Waals surface area contributed by atoms with Crippen LogP contribution >= 0.6 is 0 Å². The number of hydrogen-bond acceptors (Lipinski definition) is 4. The van der Waals surface area contributed by atoms with Crippen LogP contribution < -0.4 is 5.73 Å². The Hall–Kier alpha value is -0.610. The van der Waals surface area contributed by atoms with Gasteiger partial charge in [0, 0.05) is 12.0 Å². The van der Waals surface area contributed by atoms with Crippen LogP contribution in [-0.4, -0.2) is 27.8 Å². The van der Waals surface area contributed by atoms with E-state index in [0.29, 0.717) is 24.7 Å². The van der Waals surface area contributed by atoms with Gasteiger partial charge in [0.2, 0.25) is 0 Å². The summed E-state index contributed by atoms with van der Waals surface area (Å²) in [5, 5.41) is 11.0. The summed E-state index contributed by atoms with van der Waals surface area (Å²) in [6.07, 6.45) is 7.07. The van der Waals surface area contributed by atoms with Crippen LogP contribution in [0.15, 0.2) is 0 Å². The minimum absolute atomic E-state index is 0.0179. The van der Waals surface area contributed by atoms with Crippen molar-refractivity contribution in [3.8, 4) is 0 Å². The van der Waals surface area contributed by atoms with Gasteiger partial charge in [0.1, 0.15) is 5.60 Å². The normalized spacial score (nSPS) is 38.9. The number of esters is 1. The second kappa shape index (κ2) is 5.94. The van der Waals surface area contributed by atoms with Crippen molar-refractivity contribution < 1.29 is 14.6 Å². The predicted octanol–water partition coefficient (Wildman–Crippen LogP) is 4.18. The highest BCUT2D eigenvalue weighted by molar-refractivity contribution is 5.78. The fraction of sp³-hybridized carbons (Fsp3) is 0.955. The van der Waals surface area contributed by atoms with Crippen LogP contribution in [0.25, 0.3) is 0 Å². The molecule has 0 saturated heterocycles. The smallest absolute Gasteiger partial charge is 0.314 e. The molecule has 0 aromatic rings. The molecule has 0 aromatic heterocycles. The molecule has 4 heteroatoms. The Kier molecular flexibility index (Phi) is 4.60. The topological polar surface area (TPSA) is 72.5 Å². The molecule has 0 aliphatic heterocycles. The van der Waals surface area contributed by atoms with Gasteiger partial charge in [-0.05, 0) is 76.5 Å². The fourth-order valence-corrected chi connectivity index (χ4v) is 6.20. The Morgan fingerprint density at radius 2 is 1.65 bits per heavy atom. The quantitative estimate of drug-likeness (QED) is 0.693. The Balaban J connectivity index is 1.85. The van der Waals surface area contributed by atoms with Crippen molar-refractivity contribution in [1.29, 1.82) is 0 Å². The molecule has 150 valence electrons. The zero-order chi connectivity index (χ0) is 19.6. The lowest BCUT2D eigenvalue weighted by Crippen LogP contribution is -2.63. The highest BCUT2D eigenvalue weighted by atomic mass is 16.6. The minimum atomic E-state index is -0.752. The van der Waals surface area contributed by atoms with Gasteiger partial charge in [-0.25, -0.2) is 0 Å². The van der Waals surface area contributed by atoms with Crippen LogP contribution in [0.3, 0.4) is 0 Å². The first-order valence-corrected chi connectivity index (χ1v) is 10.5. The van der Waals surface area contributed by atoms with E-state index in [1.54, 1.807) is 0 Å². The first kappa shape index (κ1) is 20.1. The molecule has 0 radical (unpaired) electrons. The lowest BCUT2D eigenvalue weighted by atomic mass is 9.52. The van der Waals surface area contributed by atoms with Crippen LogP contribution in [0.4, 0.5) is 0 Å². The van der Waals surface area contributed by atoms with Crippen LogP contribution in [0.1, 0.15) is 92.9 Å². The molecule has 3 unspecified atom stereocenters. The highest BCUT2D eigenvalue weighted by Crippen LogP contribution is 2.59. The summed E-state index contributed by atoms with van der Waals surface area (Å²) in [4.78, 5) is 13.5. The van der Waals surface area contributed by atoms with Gasteiger partial charge in [-0.1, -0.05) is 27.2 Å². The fourth-order valence-electron chi connectivity index (χ4n) is 6.20. The molecular weight excluding hydrogens is 326 g/mol.